The highest BCUT2D eigenvalue weighted by Gasteiger charge is 2.30. The van der Waals surface area contributed by atoms with Crippen molar-refractivity contribution in [1.29, 1.82) is 0 Å². The topological polar surface area (TPSA) is 60.9 Å². The summed E-state index contributed by atoms with van der Waals surface area (Å²) in [5.41, 5.74) is 1.93. The number of thioether (sulfide) groups is 2. The molecular weight excluding hydrogens is 390 g/mol. The second-order valence-corrected chi connectivity index (χ2v) is 11.4. The maximum Gasteiger partial charge on any atom is 0.281 e. The zero-order chi connectivity index (χ0) is 18.7. The largest absolute Gasteiger partial charge is 0.336 e. The lowest BCUT2D eigenvalue weighted by Crippen LogP contribution is -2.53. The fourth-order valence-corrected chi connectivity index (χ4v) is 6.98. The van der Waals surface area contributed by atoms with Crippen molar-refractivity contribution in [3.8, 4) is 0 Å². The highest BCUT2D eigenvalue weighted by molar-refractivity contribution is 8.16. The van der Waals surface area contributed by atoms with Gasteiger partial charge in [-0.15, -0.1) is 23.5 Å². The SMILES string of the molecule is CN(C)S(=O)(=O)N1CCN(C(=O)c2ccc(C3SCCCS3)cc2)CC1. The Morgan fingerprint density at radius 3 is 2.15 bits per heavy atom. The molecule has 0 spiro atoms. The van der Waals surface area contributed by atoms with Crippen molar-refractivity contribution in [2.24, 2.45) is 0 Å². The van der Waals surface area contributed by atoms with Gasteiger partial charge in [-0.25, -0.2) is 0 Å². The van der Waals surface area contributed by atoms with Gasteiger partial charge in [0, 0.05) is 45.8 Å². The van der Waals surface area contributed by atoms with Crippen molar-refractivity contribution in [2.75, 3.05) is 51.8 Å². The van der Waals surface area contributed by atoms with Crippen LogP contribution < -0.4 is 0 Å². The molecular formula is C17H25N3O3S3. The first kappa shape index (κ1) is 20.0. The maximum atomic E-state index is 12.7. The van der Waals surface area contributed by atoms with Crippen LogP contribution in [0.5, 0.6) is 0 Å². The summed E-state index contributed by atoms with van der Waals surface area (Å²) < 4.78 is 27.4. The van der Waals surface area contributed by atoms with Gasteiger partial charge in [-0.05, 0) is 35.6 Å². The minimum absolute atomic E-state index is 0.0256. The van der Waals surface area contributed by atoms with Crippen molar-refractivity contribution in [2.45, 2.75) is 11.0 Å². The van der Waals surface area contributed by atoms with Gasteiger partial charge in [0.1, 0.15) is 0 Å². The Balaban J connectivity index is 1.60. The lowest BCUT2D eigenvalue weighted by Gasteiger charge is -2.35. The predicted octanol–water partition coefficient (Wildman–Crippen LogP) is 2.12. The summed E-state index contributed by atoms with van der Waals surface area (Å²) >= 11 is 3.93. The molecule has 0 bridgehead atoms. The first-order valence-corrected chi connectivity index (χ1v) is 12.2. The van der Waals surface area contributed by atoms with Crippen molar-refractivity contribution in [1.82, 2.24) is 13.5 Å². The average molecular weight is 416 g/mol. The number of benzene rings is 1. The Labute approximate surface area is 164 Å². The normalized spacial score (nSPS) is 20.5. The third kappa shape index (κ3) is 4.39. The van der Waals surface area contributed by atoms with E-state index < -0.39 is 10.2 Å². The van der Waals surface area contributed by atoms with Crippen molar-refractivity contribution in [3.63, 3.8) is 0 Å². The molecule has 0 aromatic heterocycles. The minimum Gasteiger partial charge on any atom is -0.336 e. The van der Waals surface area contributed by atoms with Gasteiger partial charge in [-0.1, -0.05) is 12.1 Å². The van der Waals surface area contributed by atoms with Crippen LogP contribution in [0.2, 0.25) is 0 Å². The summed E-state index contributed by atoms with van der Waals surface area (Å²) in [7, 11) is -0.358. The van der Waals surface area contributed by atoms with E-state index in [-0.39, 0.29) is 5.91 Å². The van der Waals surface area contributed by atoms with Crippen LogP contribution in [-0.2, 0) is 10.2 Å². The molecule has 0 unspecified atom stereocenters. The van der Waals surface area contributed by atoms with Crippen LogP contribution in [0.3, 0.4) is 0 Å². The minimum atomic E-state index is -3.41. The Morgan fingerprint density at radius 1 is 1.04 bits per heavy atom. The molecule has 0 atom stereocenters. The highest BCUT2D eigenvalue weighted by atomic mass is 32.2. The highest BCUT2D eigenvalue weighted by Crippen LogP contribution is 2.43. The van der Waals surface area contributed by atoms with E-state index in [0.717, 1.165) is 0 Å². The van der Waals surface area contributed by atoms with Gasteiger partial charge >= 0.3 is 0 Å². The summed E-state index contributed by atoms with van der Waals surface area (Å²) in [6.45, 7) is 1.50. The second-order valence-electron chi connectivity index (χ2n) is 6.53. The van der Waals surface area contributed by atoms with Crippen LogP contribution in [0.1, 0.15) is 26.9 Å². The first-order valence-electron chi connectivity index (χ1n) is 8.69. The van der Waals surface area contributed by atoms with Crippen molar-refractivity contribution >= 4 is 39.6 Å². The molecule has 6 nitrogen and oxygen atoms in total. The lowest BCUT2D eigenvalue weighted by molar-refractivity contribution is 0.0695. The van der Waals surface area contributed by atoms with Crippen molar-refractivity contribution in [3.05, 3.63) is 35.4 Å². The molecule has 3 rings (SSSR count). The van der Waals surface area contributed by atoms with Gasteiger partial charge in [0.05, 0.1) is 4.58 Å². The Kier molecular flexibility index (Phi) is 6.55. The van der Waals surface area contributed by atoms with Crippen LogP contribution in [-0.4, -0.2) is 79.6 Å². The smallest absolute Gasteiger partial charge is 0.281 e. The number of rotatable bonds is 4. The van der Waals surface area contributed by atoms with E-state index in [9.17, 15) is 13.2 Å². The molecule has 0 N–H and O–H groups in total. The van der Waals surface area contributed by atoms with Crippen LogP contribution >= 0.6 is 23.5 Å². The number of nitrogens with zero attached hydrogens (tertiary/aromatic N) is 3. The van der Waals surface area contributed by atoms with Gasteiger partial charge in [0.15, 0.2) is 0 Å². The molecule has 2 heterocycles. The molecule has 2 aliphatic rings. The quantitative estimate of drug-likeness (QED) is 0.754. The maximum absolute atomic E-state index is 12.7. The molecule has 26 heavy (non-hydrogen) atoms. The standard InChI is InChI=1S/C17H25N3O3S3/c1-18(2)26(22,23)20-10-8-19(9-11-20)16(21)14-4-6-15(7-5-14)17-24-12-3-13-25-17/h4-7,17H,3,8-13H2,1-2H3. The Bertz CT molecular complexity index is 723. The fourth-order valence-electron chi connectivity index (χ4n) is 3.00. The summed E-state index contributed by atoms with van der Waals surface area (Å²) in [6.07, 6.45) is 1.26. The van der Waals surface area contributed by atoms with Gasteiger partial charge in [0.25, 0.3) is 16.1 Å². The van der Waals surface area contributed by atoms with Crippen LogP contribution in [0.25, 0.3) is 0 Å². The first-order chi connectivity index (χ1) is 12.4. The van der Waals surface area contributed by atoms with Crippen LogP contribution in [0, 0.1) is 0 Å². The second kappa shape index (κ2) is 8.52. The van der Waals surface area contributed by atoms with Gasteiger partial charge < -0.3 is 4.90 Å². The van der Waals surface area contributed by atoms with Crippen LogP contribution in [0.15, 0.2) is 24.3 Å². The molecule has 0 saturated carbocycles. The predicted molar refractivity (Wildman–Crippen MR) is 109 cm³/mol. The zero-order valence-electron chi connectivity index (χ0n) is 15.1. The Hall–Kier alpha value is -0.740. The van der Waals surface area contributed by atoms with E-state index in [1.807, 2.05) is 35.7 Å². The number of carbonyl (C=O) groups excluding carboxylic acids is 1. The third-order valence-corrected chi connectivity index (χ3v) is 9.53. The molecule has 144 valence electrons. The van der Waals surface area contributed by atoms with Crippen molar-refractivity contribution < 1.29 is 13.2 Å². The zero-order valence-corrected chi connectivity index (χ0v) is 17.6. The van der Waals surface area contributed by atoms with Crippen LogP contribution in [0.4, 0.5) is 0 Å². The average Bonchev–Trinajstić information content (AvgIpc) is 2.68. The van der Waals surface area contributed by atoms with Gasteiger partial charge in [0.2, 0.25) is 0 Å². The fraction of sp³-hybridized carbons (Fsp3) is 0.588. The number of carbonyl (C=O) groups is 1. The molecule has 2 saturated heterocycles. The number of hydrogen-bond acceptors (Lipinski definition) is 5. The number of hydrogen-bond donors (Lipinski definition) is 0. The molecule has 0 radical (unpaired) electrons. The monoisotopic (exact) mass is 415 g/mol. The van der Waals surface area contributed by atoms with E-state index in [1.54, 1.807) is 4.90 Å². The molecule has 0 aliphatic carbocycles. The van der Waals surface area contributed by atoms with E-state index in [2.05, 4.69) is 12.1 Å². The number of amides is 1. The van der Waals surface area contributed by atoms with Gasteiger partial charge in [-0.2, -0.15) is 17.0 Å². The van der Waals surface area contributed by atoms with E-state index >= 15 is 0 Å². The summed E-state index contributed by atoms with van der Waals surface area (Å²) in [5, 5.41) is 0. The Morgan fingerprint density at radius 2 is 1.62 bits per heavy atom. The molecule has 1 aromatic rings. The molecule has 1 amide bonds. The molecule has 9 heteroatoms. The third-order valence-electron chi connectivity index (χ3n) is 4.57. The number of piperazine rings is 1. The molecule has 1 aromatic carbocycles. The molecule has 2 aliphatic heterocycles. The van der Waals surface area contributed by atoms with Gasteiger partial charge in [-0.3, -0.25) is 4.79 Å². The summed E-state index contributed by atoms with van der Waals surface area (Å²) in [5.74, 6) is 2.36. The molecule has 2 fully saturated rings. The summed E-state index contributed by atoms with van der Waals surface area (Å²) in [6, 6.07) is 7.90. The van der Waals surface area contributed by atoms with E-state index in [0.29, 0.717) is 36.3 Å². The summed E-state index contributed by atoms with van der Waals surface area (Å²) in [4.78, 5) is 14.5. The lowest BCUT2D eigenvalue weighted by atomic mass is 10.1. The van der Waals surface area contributed by atoms with E-state index in [4.69, 9.17) is 0 Å². The van der Waals surface area contributed by atoms with E-state index in [1.165, 1.54) is 46.2 Å².